The quantitative estimate of drug-likeness (QED) is 0.605. The van der Waals surface area contributed by atoms with Crippen LogP contribution in [0.4, 0.5) is 4.39 Å². The maximum Gasteiger partial charge on any atom is 0.320 e. The van der Waals surface area contributed by atoms with Gasteiger partial charge < -0.3 is 21.7 Å². The Bertz CT molecular complexity index is 740. The van der Waals surface area contributed by atoms with Gasteiger partial charge in [0.2, 0.25) is 0 Å². The van der Waals surface area contributed by atoms with Crippen LogP contribution in [0.3, 0.4) is 0 Å². The van der Waals surface area contributed by atoms with Crippen molar-refractivity contribution in [2.45, 2.75) is 24.9 Å². The van der Waals surface area contributed by atoms with Gasteiger partial charge in [-0.05, 0) is 35.7 Å². The summed E-state index contributed by atoms with van der Waals surface area (Å²) in [7, 11) is 0. The van der Waals surface area contributed by atoms with E-state index in [-0.39, 0.29) is 6.42 Å². The number of carbonyl (C=O) groups is 2. The van der Waals surface area contributed by atoms with E-state index in [4.69, 9.17) is 33.3 Å². The highest BCUT2D eigenvalue weighted by atomic mass is 35.5. The van der Waals surface area contributed by atoms with Gasteiger partial charge in [0.15, 0.2) is 0 Å². The fourth-order valence-electron chi connectivity index (χ4n) is 1.95. The van der Waals surface area contributed by atoms with E-state index in [1.165, 1.54) is 12.1 Å². The zero-order valence-corrected chi connectivity index (χ0v) is 14.6. The molecule has 0 saturated heterocycles. The molecule has 26 heavy (non-hydrogen) atoms. The standard InChI is InChI=1S/C9H10ClNO2.C9H10FNO2/c10-7-3-1-6(2-4-7)5-8(11)9(12)13;10-7-4-2-1-3-6(7)5-8(11)9(12)13/h2*1-4,8H,5,11H2,(H,12,13)/t2*8-/m00/s1. The van der Waals surface area contributed by atoms with Crippen molar-refractivity contribution in [3.05, 3.63) is 70.5 Å². The summed E-state index contributed by atoms with van der Waals surface area (Å²) >= 11 is 5.66. The molecule has 0 aliphatic rings. The van der Waals surface area contributed by atoms with Crippen LogP contribution in [0.25, 0.3) is 0 Å². The zero-order chi connectivity index (χ0) is 19.7. The molecule has 0 unspecified atom stereocenters. The summed E-state index contributed by atoms with van der Waals surface area (Å²) in [6.07, 6.45) is 0.342. The van der Waals surface area contributed by atoms with Crippen molar-refractivity contribution in [2.24, 2.45) is 11.5 Å². The van der Waals surface area contributed by atoms with Gasteiger partial charge in [-0.15, -0.1) is 0 Å². The van der Waals surface area contributed by atoms with Crippen LogP contribution in [0.1, 0.15) is 11.1 Å². The number of hydrogen-bond donors (Lipinski definition) is 4. The molecule has 0 fully saturated rings. The first-order chi connectivity index (χ1) is 12.2. The summed E-state index contributed by atoms with van der Waals surface area (Å²) in [4.78, 5) is 20.8. The van der Waals surface area contributed by atoms with Gasteiger partial charge >= 0.3 is 11.9 Å². The topological polar surface area (TPSA) is 127 Å². The number of aliphatic carboxylic acids is 2. The van der Waals surface area contributed by atoms with Gasteiger partial charge in [-0.25, -0.2) is 4.39 Å². The Kier molecular flexibility index (Phi) is 8.71. The number of hydrogen-bond acceptors (Lipinski definition) is 4. The zero-order valence-electron chi connectivity index (χ0n) is 13.8. The molecule has 8 heteroatoms. The van der Waals surface area contributed by atoms with E-state index in [0.29, 0.717) is 17.0 Å². The minimum absolute atomic E-state index is 0.0159. The first-order valence-corrected chi connectivity index (χ1v) is 8.03. The maximum atomic E-state index is 13.0. The third-order valence-electron chi connectivity index (χ3n) is 3.40. The van der Waals surface area contributed by atoms with E-state index >= 15 is 0 Å². The van der Waals surface area contributed by atoms with Crippen LogP contribution in [0.5, 0.6) is 0 Å². The van der Waals surface area contributed by atoms with E-state index in [1.807, 2.05) is 0 Å². The van der Waals surface area contributed by atoms with Gasteiger partial charge in [0.25, 0.3) is 0 Å². The molecular weight excluding hydrogens is 363 g/mol. The van der Waals surface area contributed by atoms with Gasteiger partial charge in [-0.2, -0.15) is 0 Å². The number of carboxylic acids is 2. The second-order valence-electron chi connectivity index (χ2n) is 5.52. The third-order valence-corrected chi connectivity index (χ3v) is 3.65. The van der Waals surface area contributed by atoms with Crippen molar-refractivity contribution in [3.63, 3.8) is 0 Å². The van der Waals surface area contributed by atoms with Crippen LogP contribution in [0.2, 0.25) is 5.02 Å². The van der Waals surface area contributed by atoms with Gasteiger partial charge in [0.1, 0.15) is 17.9 Å². The number of nitrogens with two attached hydrogens (primary N) is 2. The molecule has 0 spiro atoms. The van der Waals surface area contributed by atoms with E-state index in [9.17, 15) is 14.0 Å². The van der Waals surface area contributed by atoms with Gasteiger partial charge in [0, 0.05) is 11.4 Å². The molecule has 0 aliphatic heterocycles. The number of rotatable bonds is 6. The Balaban J connectivity index is 0.000000260. The molecule has 0 bridgehead atoms. The van der Waals surface area contributed by atoms with Crippen LogP contribution in [-0.2, 0) is 22.4 Å². The van der Waals surface area contributed by atoms with E-state index < -0.39 is 29.8 Å². The first kappa shape index (κ1) is 21.6. The predicted octanol–water partition coefficient (Wildman–Crippen LogP) is 2.07. The Hall–Kier alpha value is -2.48. The van der Waals surface area contributed by atoms with Gasteiger partial charge in [-0.3, -0.25) is 9.59 Å². The molecule has 2 aromatic rings. The highest BCUT2D eigenvalue weighted by molar-refractivity contribution is 6.30. The SMILES string of the molecule is N[C@@H](Cc1ccc(Cl)cc1)C(=O)O.N[C@@H](Cc1ccccc1F)C(=O)O. The highest BCUT2D eigenvalue weighted by Gasteiger charge is 2.14. The number of carboxylic acid groups (broad SMARTS) is 2. The first-order valence-electron chi connectivity index (χ1n) is 7.65. The Morgan fingerprint density at radius 3 is 1.92 bits per heavy atom. The minimum atomic E-state index is -1.12. The second-order valence-corrected chi connectivity index (χ2v) is 5.95. The van der Waals surface area contributed by atoms with Crippen LogP contribution in [-0.4, -0.2) is 34.2 Å². The average molecular weight is 383 g/mol. The van der Waals surface area contributed by atoms with Gasteiger partial charge in [0.05, 0.1) is 0 Å². The second kappa shape index (κ2) is 10.5. The van der Waals surface area contributed by atoms with E-state index in [1.54, 1.807) is 36.4 Å². The predicted molar refractivity (Wildman–Crippen MR) is 96.5 cm³/mol. The molecule has 6 nitrogen and oxygen atoms in total. The molecule has 0 saturated carbocycles. The molecule has 2 rings (SSSR count). The summed E-state index contributed by atoms with van der Waals surface area (Å²) in [5, 5.41) is 17.7. The molecular formula is C18H20ClFN2O4. The van der Waals surface area contributed by atoms with Crippen LogP contribution in [0.15, 0.2) is 48.5 Å². The lowest BCUT2D eigenvalue weighted by atomic mass is 10.1. The average Bonchev–Trinajstić information content (AvgIpc) is 2.59. The van der Waals surface area contributed by atoms with Crippen molar-refractivity contribution >= 4 is 23.5 Å². The van der Waals surface area contributed by atoms with E-state index in [0.717, 1.165) is 5.56 Å². The fraction of sp³-hybridized carbons (Fsp3) is 0.222. The largest absolute Gasteiger partial charge is 0.480 e. The lowest BCUT2D eigenvalue weighted by molar-refractivity contribution is -0.139. The number of benzene rings is 2. The minimum Gasteiger partial charge on any atom is -0.480 e. The maximum absolute atomic E-state index is 13.0. The lowest BCUT2D eigenvalue weighted by Gasteiger charge is -2.06. The third kappa shape index (κ3) is 7.60. The van der Waals surface area contributed by atoms with Crippen LogP contribution >= 0.6 is 11.6 Å². The van der Waals surface area contributed by atoms with Crippen molar-refractivity contribution < 1.29 is 24.2 Å². The fourth-order valence-corrected chi connectivity index (χ4v) is 2.08. The molecule has 140 valence electrons. The summed E-state index contributed by atoms with van der Waals surface area (Å²) in [5.74, 6) is -2.53. The highest BCUT2D eigenvalue weighted by Crippen LogP contribution is 2.10. The Morgan fingerprint density at radius 1 is 0.923 bits per heavy atom. The Labute approximate surface area is 155 Å². The van der Waals surface area contributed by atoms with Crippen molar-refractivity contribution in [1.29, 1.82) is 0 Å². The summed E-state index contributed by atoms with van der Waals surface area (Å²) in [5.41, 5.74) is 11.8. The molecule has 2 aromatic carbocycles. The van der Waals surface area contributed by atoms with Crippen LogP contribution < -0.4 is 11.5 Å². The van der Waals surface area contributed by atoms with Crippen molar-refractivity contribution in [2.75, 3.05) is 0 Å². The molecule has 0 aliphatic carbocycles. The van der Waals surface area contributed by atoms with Crippen molar-refractivity contribution in [3.8, 4) is 0 Å². The van der Waals surface area contributed by atoms with E-state index in [2.05, 4.69) is 0 Å². The lowest BCUT2D eigenvalue weighted by Crippen LogP contribution is -2.32. The number of halogens is 2. The molecule has 0 aromatic heterocycles. The molecule has 6 N–H and O–H groups in total. The normalized spacial score (nSPS) is 12.5. The summed E-state index contributed by atoms with van der Waals surface area (Å²) < 4.78 is 13.0. The summed E-state index contributed by atoms with van der Waals surface area (Å²) in [6, 6.07) is 11.1. The molecule has 0 amide bonds. The Morgan fingerprint density at radius 2 is 1.42 bits per heavy atom. The molecule has 0 radical (unpaired) electrons. The monoisotopic (exact) mass is 382 g/mol. The van der Waals surface area contributed by atoms with Crippen molar-refractivity contribution in [1.82, 2.24) is 0 Å². The van der Waals surface area contributed by atoms with Gasteiger partial charge in [-0.1, -0.05) is 41.9 Å². The van der Waals surface area contributed by atoms with Crippen LogP contribution in [0, 0.1) is 5.82 Å². The summed E-state index contributed by atoms with van der Waals surface area (Å²) in [6.45, 7) is 0. The molecule has 2 atom stereocenters. The molecule has 0 heterocycles. The smallest absolute Gasteiger partial charge is 0.320 e.